The van der Waals surface area contributed by atoms with E-state index in [1.54, 1.807) is 7.11 Å². The van der Waals surface area contributed by atoms with Gasteiger partial charge in [-0.05, 0) is 66.6 Å². The van der Waals surface area contributed by atoms with Crippen LogP contribution in [0.1, 0.15) is 67.9 Å². The van der Waals surface area contributed by atoms with Gasteiger partial charge in [0.25, 0.3) is 0 Å². The molecule has 1 aliphatic carbocycles. The monoisotopic (exact) mass is 528 g/mol. The van der Waals surface area contributed by atoms with Gasteiger partial charge in [-0.1, -0.05) is 38.0 Å². The molecule has 0 saturated carbocycles. The largest absolute Gasteiger partial charge is 0.497 e. The van der Waals surface area contributed by atoms with E-state index in [0.717, 1.165) is 35.8 Å². The summed E-state index contributed by atoms with van der Waals surface area (Å²) in [6.07, 6.45) is 6.74. The number of rotatable bonds is 6. The van der Waals surface area contributed by atoms with Crippen LogP contribution >= 0.6 is 0 Å². The molecule has 0 aromatic heterocycles. The van der Waals surface area contributed by atoms with Gasteiger partial charge in [-0.2, -0.15) is 0 Å². The summed E-state index contributed by atoms with van der Waals surface area (Å²) in [5.41, 5.74) is 2.50. The number of aliphatic hydroxyl groups excluding tert-OH is 1. The van der Waals surface area contributed by atoms with Crippen molar-refractivity contribution in [3.8, 4) is 5.75 Å². The highest BCUT2D eigenvalue weighted by atomic mass is 19.1. The molecule has 0 unspecified atom stereocenters. The highest BCUT2D eigenvalue weighted by Gasteiger charge is 2.33. The first kappa shape index (κ1) is 28.2. The van der Waals surface area contributed by atoms with Crippen LogP contribution in [-0.4, -0.2) is 43.4 Å². The van der Waals surface area contributed by atoms with Crippen LogP contribution in [0, 0.1) is 17.6 Å². The van der Waals surface area contributed by atoms with Crippen LogP contribution in [0.2, 0.25) is 0 Å². The molecule has 1 heterocycles. The van der Waals surface area contributed by atoms with Gasteiger partial charge >= 0.3 is 0 Å². The summed E-state index contributed by atoms with van der Waals surface area (Å²) in [5.74, 6) is -1.08. The van der Waals surface area contributed by atoms with E-state index in [-0.39, 0.29) is 36.9 Å². The van der Waals surface area contributed by atoms with Gasteiger partial charge in [0, 0.05) is 24.6 Å². The lowest BCUT2D eigenvalue weighted by Gasteiger charge is -2.28. The standard InChI is InChI=1S/C30H38F2N2O4/c1-3-4-7-20-8-5-6-11-38-29-17-26(25-16-23(37-2)9-10-24(25)29)33-18-28(35)27(34-30(20)36)14-19-12-21(31)15-22(32)13-19/h5-6,9-10,12-13,15-16,20,26-29,33,35H,3-4,7-8,11,14,17-18H2,1-2H3,(H,34,36)/b6-5-/t20-,26-,27-,28+,29+/m0/s1. The fourth-order valence-electron chi connectivity index (χ4n) is 5.37. The Hall–Kier alpha value is -2.81. The zero-order valence-corrected chi connectivity index (χ0v) is 22.1. The Balaban J connectivity index is 1.61. The summed E-state index contributed by atoms with van der Waals surface area (Å²) >= 11 is 0. The Morgan fingerprint density at radius 3 is 2.63 bits per heavy atom. The van der Waals surface area contributed by atoms with Gasteiger partial charge in [0.05, 0.1) is 32.0 Å². The van der Waals surface area contributed by atoms with Crippen LogP contribution in [0.3, 0.4) is 0 Å². The van der Waals surface area contributed by atoms with Crippen molar-refractivity contribution in [3.05, 3.63) is 76.9 Å². The number of hydrogen-bond donors (Lipinski definition) is 3. The Kier molecular flexibility index (Phi) is 9.88. The molecule has 38 heavy (non-hydrogen) atoms. The zero-order valence-electron chi connectivity index (χ0n) is 22.1. The van der Waals surface area contributed by atoms with Crippen molar-refractivity contribution < 1.29 is 28.2 Å². The molecule has 0 radical (unpaired) electrons. The normalized spacial score (nSPS) is 27.1. The minimum atomic E-state index is -0.994. The first-order chi connectivity index (χ1) is 18.4. The smallest absolute Gasteiger partial charge is 0.223 e. The number of hydrogen-bond acceptors (Lipinski definition) is 5. The number of nitrogens with one attached hydrogen (secondary N) is 2. The molecule has 6 nitrogen and oxygen atoms in total. The van der Waals surface area contributed by atoms with Gasteiger partial charge in [0.1, 0.15) is 17.4 Å². The van der Waals surface area contributed by atoms with Gasteiger partial charge in [-0.25, -0.2) is 8.78 Å². The molecule has 2 aromatic rings. The van der Waals surface area contributed by atoms with E-state index in [1.165, 1.54) is 12.1 Å². The maximum absolute atomic E-state index is 13.9. The van der Waals surface area contributed by atoms with Crippen LogP contribution in [0.25, 0.3) is 0 Å². The van der Waals surface area contributed by atoms with Gasteiger partial charge in [-0.3, -0.25) is 4.79 Å². The quantitative estimate of drug-likeness (QED) is 0.464. The van der Waals surface area contributed by atoms with Crippen molar-refractivity contribution in [2.45, 2.75) is 69.7 Å². The molecule has 5 atom stereocenters. The van der Waals surface area contributed by atoms with Crippen LogP contribution in [-0.2, 0) is 16.0 Å². The van der Waals surface area contributed by atoms with Crippen molar-refractivity contribution >= 4 is 5.91 Å². The Labute approximate surface area is 223 Å². The summed E-state index contributed by atoms with van der Waals surface area (Å²) in [6.45, 7) is 2.68. The Morgan fingerprint density at radius 2 is 1.89 bits per heavy atom. The zero-order chi connectivity index (χ0) is 27.1. The van der Waals surface area contributed by atoms with E-state index in [2.05, 4.69) is 17.6 Å². The van der Waals surface area contributed by atoms with Gasteiger partial charge in [0.15, 0.2) is 0 Å². The highest BCUT2D eigenvalue weighted by Crippen LogP contribution is 2.42. The van der Waals surface area contributed by atoms with E-state index in [0.29, 0.717) is 31.4 Å². The summed E-state index contributed by atoms with van der Waals surface area (Å²) in [5, 5.41) is 17.7. The van der Waals surface area contributed by atoms with Crippen LogP contribution < -0.4 is 15.4 Å². The number of halogens is 2. The van der Waals surface area contributed by atoms with Crippen molar-refractivity contribution in [3.63, 3.8) is 0 Å². The van der Waals surface area contributed by atoms with Gasteiger partial charge < -0.3 is 25.2 Å². The van der Waals surface area contributed by atoms with Crippen LogP contribution in [0.5, 0.6) is 5.75 Å². The minimum absolute atomic E-state index is 0.0888. The number of benzene rings is 2. The third kappa shape index (κ3) is 7.18. The molecule has 3 N–H and O–H groups in total. The van der Waals surface area contributed by atoms with Gasteiger partial charge in [-0.15, -0.1) is 0 Å². The average molecular weight is 529 g/mol. The number of β-amino-alcohol motifs (C(OH)–C–C–N with tert-alkyl or cyclic N) is 1. The third-order valence-electron chi connectivity index (χ3n) is 7.47. The highest BCUT2D eigenvalue weighted by molar-refractivity contribution is 5.79. The minimum Gasteiger partial charge on any atom is -0.497 e. The second kappa shape index (κ2) is 13.3. The van der Waals surface area contributed by atoms with E-state index in [4.69, 9.17) is 9.47 Å². The molecule has 0 spiro atoms. The molecule has 0 fully saturated rings. The topological polar surface area (TPSA) is 79.8 Å². The Bertz CT molecular complexity index is 1110. The van der Waals surface area contributed by atoms with E-state index in [9.17, 15) is 18.7 Å². The molecule has 8 heteroatoms. The van der Waals surface area contributed by atoms with E-state index >= 15 is 0 Å². The van der Waals surface area contributed by atoms with Crippen molar-refractivity contribution in [2.75, 3.05) is 20.3 Å². The molecule has 1 amide bonds. The summed E-state index contributed by atoms with van der Waals surface area (Å²) in [4.78, 5) is 13.3. The van der Waals surface area contributed by atoms with Crippen LogP contribution in [0.15, 0.2) is 48.6 Å². The number of carbonyl (C=O) groups is 1. The van der Waals surface area contributed by atoms with Crippen molar-refractivity contribution in [2.24, 2.45) is 5.92 Å². The fourth-order valence-corrected chi connectivity index (χ4v) is 5.37. The second-order valence-electron chi connectivity index (χ2n) is 10.2. The SMILES string of the molecule is CCCC[C@H]1C/C=C\CO[C@@H]2C[C@H](NC[C@@H](O)[C@H](Cc3cc(F)cc(F)c3)NC1=O)c1cc(OC)ccc12. The summed E-state index contributed by atoms with van der Waals surface area (Å²) in [6, 6.07) is 8.40. The number of fused-ring (bicyclic) bond motifs is 5. The third-order valence-corrected chi connectivity index (χ3v) is 7.47. The summed E-state index contributed by atoms with van der Waals surface area (Å²) < 4.78 is 39.5. The first-order valence-electron chi connectivity index (χ1n) is 13.5. The molecule has 2 aromatic carbocycles. The fraction of sp³-hybridized carbons (Fsp3) is 0.500. The second-order valence-corrected chi connectivity index (χ2v) is 10.2. The number of unbranched alkanes of at least 4 members (excludes halogenated alkanes) is 1. The van der Waals surface area contributed by atoms with Crippen LogP contribution in [0.4, 0.5) is 8.78 Å². The molecule has 4 rings (SSSR count). The van der Waals surface area contributed by atoms with Gasteiger partial charge in [0.2, 0.25) is 5.91 Å². The lowest BCUT2D eigenvalue weighted by molar-refractivity contribution is -0.126. The molecule has 0 saturated heterocycles. The van der Waals surface area contributed by atoms with E-state index < -0.39 is 23.8 Å². The maximum Gasteiger partial charge on any atom is 0.223 e. The number of methoxy groups -OCH3 is 1. The number of allylic oxidation sites excluding steroid dienone is 1. The number of amides is 1. The molecular weight excluding hydrogens is 490 g/mol. The number of ether oxygens (including phenoxy) is 2. The lowest BCUT2D eigenvalue weighted by atomic mass is 9.95. The predicted molar refractivity (Wildman–Crippen MR) is 142 cm³/mol. The lowest BCUT2D eigenvalue weighted by Crippen LogP contribution is -2.50. The molecule has 1 aliphatic heterocycles. The van der Waals surface area contributed by atoms with Crippen molar-refractivity contribution in [1.29, 1.82) is 0 Å². The summed E-state index contributed by atoms with van der Waals surface area (Å²) in [7, 11) is 1.62. The molecule has 2 bridgehead atoms. The first-order valence-corrected chi connectivity index (χ1v) is 13.5. The predicted octanol–water partition coefficient (Wildman–Crippen LogP) is 4.92. The van der Waals surface area contributed by atoms with Crippen molar-refractivity contribution in [1.82, 2.24) is 10.6 Å². The van der Waals surface area contributed by atoms with E-state index in [1.807, 2.05) is 30.4 Å². The maximum atomic E-state index is 13.9. The average Bonchev–Trinajstić information content (AvgIpc) is 3.23. The molecular formula is C30H38F2N2O4. The molecule has 206 valence electrons. The molecule has 2 aliphatic rings. The number of aliphatic hydroxyl groups is 1. The number of carbonyl (C=O) groups excluding carboxylic acids is 1. The Morgan fingerprint density at radius 1 is 1.11 bits per heavy atom.